The third-order valence-electron chi connectivity index (χ3n) is 2.49. The molecule has 2 rings (SSSR count). The zero-order chi connectivity index (χ0) is 14.0. The zero-order valence-electron chi connectivity index (χ0n) is 9.48. The molecule has 0 aliphatic rings. The van der Waals surface area contributed by atoms with E-state index in [-0.39, 0.29) is 4.90 Å². The summed E-state index contributed by atoms with van der Waals surface area (Å²) in [6.45, 7) is 0. The summed E-state index contributed by atoms with van der Waals surface area (Å²) in [4.78, 5) is 4.01. The SMILES string of the molecule is O=S(=O)(Cl)c1ccc(Cc2ccc(Cl)nc2Cl)cc1. The fourth-order valence-corrected chi connectivity index (χ4v) is 2.74. The van der Waals surface area contributed by atoms with Gasteiger partial charge in [-0.25, -0.2) is 13.4 Å². The Morgan fingerprint density at radius 1 is 1.00 bits per heavy atom. The first kappa shape index (κ1) is 14.6. The number of hydrogen-bond donors (Lipinski definition) is 0. The van der Waals surface area contributed by atoms with Crippen molar-refractivity contribution in [3.05, 3.63) is 57.8 Å². The third-order valence-corrected chi connectivity index (χ3v) is 4.40. The molecular weight excluding hydrogens is 329 g/mol. The van der Waals surface area contributed by atoms with E-state index in [1.54, 1.807) is 24.3 Å². The first-order valence-corrected chi connectivity index (χ1v) is 8.27. The van der Waals surface area contributed by atoms with Crippen molar-refractivity contribution in [2.45, 2.75) is 11.3 Å². The molecular formula is C12H8Cl3NO2S. The molecule has 1 aromatic heterocycles. The molecule has 0 fully saturated rings. The lowest BCUT2D eigenvalue weighted by Crippen LogP contribution is -1.94. The smallest absolute Gasteiger partial charge is 0.224 e. The van der Waals surface area contributed by atoms with E-state index in [0.717, 1.165) is 11.1 Å². The second-order valence-corrected chi connectivity index (χ2v) is 7.15. The quantitative estimate of drug-likeness (QED) is 0.630. The van der Waals surface area contributed by atoms with Crippen LogP contribution in [0.1, 0.15) is 11.1 Å². The van der Waals surface area contributed by atoms with E-state index in [9.17, 15) is 8.42 Å². The van der Waals surface area contributed by atoms with E-state index in [4.69, 9.17) is 33.9 Å². The van der Waals surface area contributed by atoms with Gasteiger partial charge >= 0.3 is 0 Å². The average Bonchev–Trinajstić information content (AvgIpc) is 2.32. The van der Waals surface area contributed by atoms with Crippen LogP contribution in [0.5, 0.6) is 0 Å². The van der Waals surface area contributed by atoms with Gasteiger partial charge in [-0.05, 0) is 29.3 Å². The molecule has 0 saturated carbocycles. The van der Waals surface area contributed by atoms with E-state index in [1.165, 1.54) is 12.1 Å². The van der Waals surface area contributed by atoms with Crippen LogP contribution in [0.4, 0.5) is 0 Å². The van der Waals surface area contributed by atoms with Gasteiger partial charge in [-0.15, -0.1) is 0 Å². The standard InChI is InChI=1S/C12H8Cl3NO2S/c13-11-6-3-9(12(14)16-11)7-8-1-4-10(5-2-8)19(15,17)18/h1-6H,7H2. The molecule has 1 aromatic carbocycles. The minimum absolute atomic E-state index is 0.0678. The van der Waals surface area contributed by atoms with Crippen molar-refractivity contribution in [2.75, 3.05) is 0 Å². The van der Waals surface area contributed by atoms with E-state index >= 15 is 0 Å². The Balaban J connectivity index is 2.25. The number of rotatable bonds is 3. The number of halogens is 3. The van der Waals surface area contributed by atoms with Crippen molar-refractivity contribution in [3.8, 4) is 0 Å². The Morgan fingerprint density at radius 2 is 1.63 bits per heavy atom. The van der Waals surface area contributed by atoms with Crippen LogP contribution in [-0.4, -0.2) is 13.4 Å². The van der Waals surface area contributed by atoms with Crippen LogP contribution in [0.3, 0.4) is 0 Å². The van der Waals surface area contributed by atoms with E-state index in [0.29, 0.717) is 16.7 Å². The molecule has 0 atom stereocenters. The van der Waals surface area contributed by atoms with Gasteiger partial charge < -0.3 is 0 Å². The van der Waals surface area contributed by atoms with Gasteiger partial charge in [-0.2, -0.15) is 0 Å². The lowest BCUT2D eigenvalue weighted by Gasteiger charge is -2.05. The van der Waals surface area contributed by atoms with E-state index < -0.39 is 9.05 Å². The molecule has 0 aliphatic carbocycles. The second kappa shape index (κ2) is 5.67. The molecule has 0 saturated heterocycles. The number of nitrogens with zero attached hydrogens (tertiary/aromatic N) is 1. The van der Waals surface area contributed by atoms with Crippen molar-refractivity contribution in [1.82, 2.24) is 4.98 Å². The highest BCUT2D eigenvalue weighted by molar-refractivity contribution is 8.13. The summed E-state index contributed by atoms with van der Waals surface area (Å²) in [7, 11) is 1.55. The maximum atomic E-state index is 11.1. The summed E-state index contributed by atoms with van der Waals surface area (Å²) < 4.78 is 22.2. The highest BCUT2D eigenvalue weighted by Crippen LogP contribution is 2.21. The normalized spacial score (nSPS) is 11.5. The van der Waals surface area contributed by atoms with Gasteiger partial charge in [-0.3, -0.25) is 0 Å². The third kappa shape index (κ3) is 3.83. The maximum absolute atomic E-state index is 11.1. The number of hydrogen-bond acceptors (Lipinski definition) is 3. The summed E-state index contributed by atoms with van der Waals surface area (Å²) >= 11 is 11.7. The van der Waals surface area contributed by atoms with Crippen molar-refractivity contribution < 1.29 is 8.42 Å². The van der Waals surface area contributed by atoms with E-state index in [1.807, 2.05) is 0 Å². The Hall–Kier alpha value is -0.810. The predicted molar refractivity (Wildman–Crippen MR) is 76.5 cm³/mol. The van der Waals surface area contributed by atoms with Crippen molar-refractivity contribution in [2.24, 2.45) is 0 Å². The zero-order valence-corrected chi connectivity index (χ0v) is 12.6. The summed E-state index contributed by atoms with van der Waals surface area (Å²) in [6.07, 6.45) is 0.533. The van der Waals surface area contributed by atoms with Crippen LogP contribution in [-0.2, 0) is 15.5 Å². The van der Waals surface area contributed by atoms with Gasteiger partial charge in [0.1, 0.15) is 10.3 Å². The Bertz CT molecular complexity index is 699. The first-order valence-electron chi connectivity index (χ1n) is 5.21. The van der Waals surface area contributed by atoms with Gasteiger partial charge in [0.2, 0.25) is 0 Å². The average molecular weight is 337 g/mol. The monoisotopic (exact) mass is 335 g/mol. The molecule has 3 nitrogen and oxygen atoms in total. The molecule has 7 heteroatoms. The molecule has 0 amide bonds. The minimum atomic E-state index is -3.69. The molecule has 0 N–H and O–H groups in total. The fraction of sp³-hybridized carbons (Fsp3) is 0.0833. The molecule has 1 heterocycles. The summed E-state index contributed by atoms with van der Waals surface area (Å²) in [5, 5.41) is 0.666. The topological polar surface area (TPSA) is 47.0 Å². The minimum Gasteiger partial charge on any atom is -0.224 e. The molecule has 0 spiro atoms. The Morgan fingerprint density at radius 3 is 2.16 bits per heavy atom. The van der Waals surface area contributed by atoms with Crippen molar-refractivity contribution in [3.63, 3.8) is 0 Å². The molecule has 0 radical (unpaired) electrons. The second-order valence-electron chi connectivity index (χ2n) is 3.84. The largest absolute Gasteiger partial charge is 0.261 e. The molecule has 0 aliphatic heterocycles. The summed E-state index contributed by atoms with van der Waals surface area (Å²) in [6, 6.07) is 9.70. The van der Waals surface area contributed by atoms with Crippen LogP contribution in [0.15, 0.2) is 41.3 Å². The van der Waals surface area contributed by atoms with Crippen LogP contribution in [0.25, 0.3) is 0 Å². The molecule has 100 valence electrons. The van der Waals surface area contributed by atoms with Gasteiger partial charge in [-0.1, -0.05) is 41.4 Å². The number of benzene rings is 1. The molecule has 19 heavy (non-hydrogen) atoms. The first-order chi connectivity index (χ1) is 8.86. The number of pyridine rings is 1. The van der Waals surface area contributed by atoms with Gasteiger partial charge in [0.05, 0.1) is 4.90 Å². The molecule has 2 aromatic rings. The molecule has 0 unspecified atom stereocenters. The Kier molecular flexibility index (Phi) is 4.36. The summed E-state index contributed by atoms with van der Waals surface area (Å²) in [5.74, 6) is 0. The maximum Gasteiger partial charge on any atom is 0.261 e. The van der Waals surface area contributed by atoms with Gasteiger partial charge in [0, 0.05) is 17.1 Å². The lowest BCUT2D eigenvalue weighted by atomic mass is 10.1. The predicted octanol–water partition coefficient (Wildman–Crippen LogP) is 3.91. The highest BCUT2D eigenvalue weighted by Gasteiger charge is 2.10. The van der Waals surface area contributed by atoms with Crippen LogP contribution >= 0.6 is 33.9 Å². The Labute approximate surface area is 125 Å². The van der Waals surface area contributed by atoms with Crippen molar-refractivity contribution in [1.29, 1.82) is 0 Å². The van der Waals surface area contributed by atoms with Crippen LogP contribution in [0.2, 0.25) is 10.3 Å². The molecule has 0 bridgehead atoms. The van der Waals surface area contributed by atoms with Gasteiger partial charge in [0.15, 0.2) is 0 Å². The van der Waals surface area contributed by atoms with Crippen LogP contribution < -0.4 is 0 Å². The summed E-state index contributed by atoms with van der Waals surface area (Å²) in [5.41, 5.74) is 1.71. The fourth-order valence-electron chi connectivity index (χ4n) is 1.56. The highest BCUT2D eigenvalue weighted by atomic mass is 35.7. The van der Waals surface area contributed by atoms with E-state index in [2.05, 4.69) is 4.98 Å². The number of aromatic nitrogens is 1. The van der Waals surface area contributed by atoms with Gasteiger partial charge in [0.25, 0.3) is 9.05 Å². The van der Waals surface area contributed by atoms with Crippen molar-refractivity contribution >= 4 is 42.9 Å². The van der Waals surface area contributed by atoms with Crippen LogP contribution in [0, 0.1) is 0 Å². The lowest BCUT2D eigenvalue weighted by molar-refractivity contribution is 0.609.